The number of carbonyl (C=O) groups excluding carboxylic acids is 2. The number of rotatable bonds is 11. The Kier molecular flexibility index (Phi) is 9.56. The van der Waals surface area contributed by atoms with Crippen molar-refractivity contribution in [2.75, 3.05) is 11.1 Å². The van der Waals surface area contributed by atoms with Gasteiger partial charge in [0.15, 0.2) is 5.82 Å². The Bertz CT molecular complexity index is 1680. The van der Waals surface area contributed by atoms with Crippen LogP contribution in [0.5, 0.6) is 0 Å². The number of amides is 2. The van der Waals surface area contributed by atoms with Gasteiger partial charge in [0.1, 0.15) is 12.4 Å². The second-order valence-corrected chi connectivity index (χ2v) is 10.5. The Morgan fingerprint density at radius 3 is 2.33 bits per heavy atom. The van der Waals surface area contributed by atoms with Gasteiger partial charge in [0, 0.05) is 35.0 Å². The number of hydrogen-bond acceptors (Lipinski definition) is 7. The monoisotopic (exact) mass is 580 g/mol. The van der Waals surface area contributed by atoms with E-state index >= 15 is 0 Å². The first-order valence-corrected chi connectivity index (χ1v) is 13.8. The molecular weight excluding hydrogens is 544 g/mol. The molecule has 222 valence electrons. The van der Waals surface area contributed by atoms with Gasteiger partial charge in [-0.3, -0.25) is 24.4 Å². The van der Waals surface area contributed by atoms with Crippen molar-refractivity contribution in [3.8, 4) is 11.3 Å². The van der Waals surface area contributed by atoms with Crippen LogP contribution in [0.2, 0.25) is 0 Å². The van der Waals surface area contributed by atoms with Crippen LogP contribution in [-0.2, 0) is 17.9 Å². The van der Waals surface area contributed by atoms with E-state index in [2.05, 4.69) is 20.9 Å². The van der Waals surface area contributed by atoms with E-state index in [1.165, 1.54) is 10.8 Å². The summed E-state index contributed by atoms with van der Waals surface area (Å²) < 4.78 is 1.31. The van der Waals surface area contributed by atoms with E-state index in [0.717, 1.165) is 11.1 Å². The van der Waals surface area contributed by atoms with Crippen LogP contribution >= 0.6 is 0 Å². The molecule has 0 aliphatic heterocycles. The molecule has 4 rings (SSSR count). The van der Waals surface area contributed by atoms with Crippen molar-refractivity contribution in [3.05, 3.63) is 112 Å². The molecule has 11 heteroatoms. The number of carbonyl (C=O) groups is 2. The number of aromatic nitrogens is 2. The van der Waals surface area contributed by atoms with Crippen molar-refractivity contribution >= 4 is 29.2 Å². The smallest absolute Gasteiger partial charge is 0.294 e. The highest BCUT2D eigenvalue weighted by molar-refractivity contribution is 5.97. The predicted octanol–water partition coefficient (Wildman–Crippen LogP) is 3.40. The van der Waals surface area contributed by atoms with Gasteiger partial charge >= 0.3 is 0 Å². The Balaban J connectivity index is 1.62. The van der Waals surface area contributed by atoms with E-state index in [4.69, 9.17) is 16.9 Å². The van der Waals surface area contributed by atoms with Crippen LogP contribution < -0.4 is 33.0 Å². The summed E-state index contributed by atoms with van der Waals surface area (Å²) in [5.74, 6) is -0.679. The number of benzene rings is 3. The van der Waals surface area contributed by atoms with Crippen LogP contribution in [0.1, 0.15) is 53.9 Å². The molecule has 1 heterocycles. The highest BCUT2D eigenvalue weighted by Crippen LogP contribution is 2.24. The van der Waals surface area contributed by atoms with Gasteiger partial charge in [0.25, 0.3) is 11.5 Å². The molecule has 0 saturated heterocycles. The summed E-state index contributed by atoms with van der Waals surface area (Å²) in [6.07, 6.45) is 1.49. The van der Waals surface area contributed by atoms with E-state index in [1.807, 2.05) is 51.1 Å². The van der Waals surface area contributed by atoms with Gasteiger partial charge in [-0.15, -0.1) is 0 Å². The molecule has 0 aliphatic rings. The van der Waals surface area contributed by atoms with E-state index in [1.54, 1.807) is 42.5 Å². The van der Waals surface area contributed by atoms with Crippen LogP contribution in [0, 0.1) is 5.41 Å². The minimum atomic E-state index is -0.488. The molecule has 1 aromatic heterocycles. The van der Waals surface area contributed by atoms with Gasteiger partial charge in [-0.05, 0) is 50.1 Å². The number of nitrogens with zero attached hydrogens (tertiary/aromatic N) is 2. The number of anilines is 2. The lowest BCUT2D eigenvalue weighted by Gasteiger charge is -2.18. The van der Waals surface area contributed by atoms with Crippen LogP contribution in [0.25, 0.3) is 11.3 Å². The molecular formula is C32H36N8O3. The fraction of sp³-hybridized carbons (Fsp3) is 0.219. The maximum absolute atomic E-state index is 13.5. The third-order valence-corrected chi connectivity index (χ3v) is 6.70. The average Bonchev–Trinajstić information content (AvgIpc) is 2.98. The fourth-order valence-electron chi connectivity index (χ4n) is 4.49. The van der Waals surface area contributed by atoms with E-state index in [9.17, 15) is 14.4 Å². The number of hydrogen-bond donors (Lipinski definition) is 6. The third kappa shape index (κ3) is 7.85. The molecule has 3 aromatic carbocycles. The van der Waals surface area contributed by atoms with Crippen LogP contribution in [-0.4, -0.2) is 33.2 Å². The first kappa shape index (κ1) is 30.5. The summed E-state index contributed by atoms with van der Waals surface area (Å²) >= 11 is 0. The Hall–Kier alpha value is -5.45. The minimum Gasteiger partial charge on any atom is -0.399 e. The molecule has 2 amide bonds. The summed E-state index contributed by atoms with van der Waals surface area (Å²) in [5.41, 5.74) is 15.0. The van der Waals surface area contributed by atoms with E-state index in [0.29, 0.717) is 28.1 Å². The number of amidine groups is 1. The predicted molar refractivity (Wildman–Crippen MR) is 169 cm³/mol. The van der Waals surface area contributed by atoms with Crippen molar-refractivity contribution in [2.24, 2.45) is 5.73 Å². The maximum atomic E-state index is 13.5. The standard InChI is InChI=1S/C32H36N8O3/c1-19(2)38-30-32(43)40(18-28(41)36-16-21-9-11-23(12-10-21)29(34)35)27(17-37-30)24-13-25(15-26(33)14-24)31(42)39-20(3)22-7-5-4-6-8-22/h4-15,17,19-20H,16,18,33H2,1-3H3,(H3,34,35)(H,36,41)(H,37,38)(H,39,42)/t20-/m0/s1. The lowest BCUT2D eigenvalue weighted by molar-refractivity contribution is -0.121. The molecule has 0 unspecified atom stereocenters. The average molecular weight is 581 g/mol. The maximum Gasteiger partial charge on any atom is 0.294 e. The molecule has 0 bridgehead atoms. The quantitative estimate of drug-likeness (QED) is 0.0893. The van der Waals surface area contributed by atoms with Crippen molar-refractivity contribution in [3.63, 3.8) is 0 Å². The van der Waals surface area contributed by atoms with Gasteiger partial charge in [-0.25, -0.2) is 4.98 Å². The molecule has 4 aromatic rings. The molecule has 0 spiro atoms. The SMILES string of the molecule is CC(C)Nc1ncc(-c2cc(N)cc(C(=O)N[C@@H](C)c3ccccc3)c2)n(CC(=O)NCc2ccc(C(=N)N)cc2)c1=O. The zero-order valence-corrected chi connectivity index (χ0v) is 24.3. The third-order valence-electron chi connectivity index (χ3n) is 6.70. The summed E-state index contributed by atoms with van der Waals surface area (Å²) in [6, 6.07) is 21.0. The van der Waals surface area contributed by atoms with Crippen molar-refractivity contribution < 1.29 is 9.59 Å². The Labute approximate surface area is 249 Å². The van der Waals surface area contributed by atoms with Crippen molar-refractivity contribution in [1.82, 2.24) is 20.2 Å². The van der Waals surface area contributed by atoms with Crippen molar-refractivity contribution in [2.45, 2.75) is 45.9 Å². The van der Waals surface area contributed by atoms with Gasteiger partial charge < -0.3 is 27.4 Å². The summed E-state index contributed by atoms with van der Waals surface area (Å²) in [6.45, 7) is 5.56. The van der Waals surface area contributed by atoms with Crippen molar-refractivity contribution in [1.29, 1.82) is 5.41 Å². The first-order valence-electron chi connectivity index (χ1n) is 13.8. The summed E-state index contributed by atoms with van der Waals surface area (Å²) in [7, 11) is 0. The molecule has 1 atom stereocenters. The highest BCUT2D eigenvalue weighted by atomic mass is 16.2. The second-order valence-electron chi connectivity index (χ2n) is 10.5. The topological polar surface area (TPSA) is 181 Å². The largest absolute Gasteiger partial charge is 0.399 e. The van der Waals surface area contributed by atoms with Gasteiger partial charge in [0.2, 0.25) is 5.91 Å². The Morgan fingerprint density at radius 2 is 1.67 bits per heavy atom. The molecule has 0 saturated carbocycles. The van der Waals surface area contributed by atoms with E-state index < -0.39 is 11.5 Å². The van der Waals surface area contributed by atoms with E-state index in [-0.39, 0.29) is 42.7 Å². The molecule has 43 heavy (non-hydrogen) atoms. The van der Waals surface area contributed by atoms with Gasteiger partial charge in [-0.1, -0.05) is 54.6 Å². The molecule has 0 aliphatic carbocycles. The molecule has 8 N–H and O–H groups in total. The van der Waals surface area contributed by atoms with Gasteiger partial charge in [-0.2, -0.15) is 0 Å². The number of nitrogens with one attached hydrogen (secondary N) is 4. The Morgan fingerprint density at radius 1 is 0.977 bits per heavy atom. The summed E-state index contributed by atoms with van der Waals surface area (Å²) in [4.78, 5) is 44.1. The number of nitrogens with two attached hydrogens (primary N) is 2. The molecule has 0 radical (unpaired) electrons. The fourth-order valence-corrected chi connectivity index (χ4v) is 4.49. The van der Waals surface area contributed by atoms with Gasteiger partial charge in [0.05, 0.1) is 17.9 Å². The zero-order valence-electron chi connectivity index (χ0n) is 24.3. The molecule has 11 nitrogen and oxygen atoms in total. The zero-order chi connectivity index (χ0) is 31.1. The number of nitrogen functional groups attached to an aromatic ring is 2. The second kappa shape index (κ2) is 13.5. The van der Waals surface area contributed by atoms with Crippen LogP contribution in [0.15, 0.2) is 83.8 Å². The van der Waals surface area contributed by atoms with Crippen LogP contribution in [0.3, 0.4) is 0 Å². The summed E-state index contributed by atoms with van der Waals surface area (Å²) in [5, 5.41) is 16.4. The van der Waals surface area contributed by atoms with Crippen LogP contribution in [0.4, 0.5) is 11.5 Å². The highest BCUT2D eigenvalue weighted by Gasteiger charge is 2.18. The first-order chi connectivity index (χ1) is 20.5. The molecule has 0 fully saturated rings. The lowest BCUT2D eigenvalue weighted by atomic mass is 10.0. The normalized spacial score (nSPS) is 11.5. The minimum absolute atomic E-state index is 0.0427. The lowest BCUT2D eigenvalue weighted by Crippen LogP contribution is -2.35.